The van der Waals surface area contributed by atoms with Crippen molar-refractivity contribution in [3.8, 4) is 11.8 Å². The molecular formula is C25H28FN9O2. The van der Waals surface area contributed by atoms with Gasteiger partial charge in [0.2, 0.25) is 5.95 Å². The maximum Gasteiger partial charge on any atom is 0.326 e. The van der Waals surface area contributed by atoms with E-state index in [9.17, 15) is 4.39 Å². The molecule has 2 unspecified atom stereocenters. The fraction of sp³-hybridized carbons (Fsp3) is 0.440. The SMILES string of the molecule is CNc1cc(F)cc2c1[nH]c1nc(Oc3cnc(N4CCOCC4)nc3)nc(N3CCC4(CC4N)C3)c12. The quantitative estimate of drug-likeness (QED) is 0.372. The summed E-state index contributed by atoms with van der Waals surface area (Å²) in [7, 11) is 1.76. The zero-order valence-corrected chi connectivity index (χ0v) is 20.5. The number of fused-ring (bicyclic) bond motifs is 3. The number of morpholine rings is 1. The van der Waals surface area contributed by atoms with E-state index < -0.39 is 0 Å². The van der Waals surface area contributed by atoms with Gasteiger partial charge in [-0.25, -0.2) is 14.4 Å². The molecule has 1 aromatic carbocycles. The summed E-state index contributed by atoms with van der Waals surface area (Å²) in [6.07, 6.45) is 5.27. The van der Waals surface area contributed by atoms with Crippen LogP contribution in [0.1, 0.15) is 12.8 Å². The summed E-state index contributed by atoms with van der Waals surface area (Å²) in [6.45, 7) is 4.43. The minimum atomic E-state index is -0.330. The van der Waals surface area contributed by atoms with Crippen LogP contribution in [0.25, 0.3) is 21.9 Å². The summed E-state index contributed by atoms with van der Waals surface area (Å²) < 4.78 is 26.0. The monoisotopic (exact) mass is 505 g/mol. The highest BCUT2D eigenvalue weighted by atomic mass is 19.1. The van der Waals surface area contributed by atoms with Crippen molar-refractivity contribution in [2.45, 2.75) is 18.9 Å². The second-order valence-electron chi connectivity index (χ2n) is 10.1. The lowest BCUT2D eigenvalue weighted by molar-refractivity contribution is 0.122. The van der Waals surface area contributed by atoms with Crippen molar-refractivity contribution in [2.75, 3.05) is 61.6 Å². The van der Waals surface area contributed by atoms with Crippen LogP contribution >= 0.6 is 0 Å². The van der Waals surface area contributed by atoms with E-state index in [4.69, 9.17) is 20.2 Å². The molecule has 0 bridgehead atoms. The molecule has 2 saturated heterocycles. The van der Waals surface area contributed by atoms with E-state index in [1.807, 2.05) is 0 Å². The number of nitrogens with one attached hydrogen (secondary N) is 2. The van der Waals surface area contributed by atoms with Crippen molar-refractivity contribution in [1.29, 1.82) is 0 Å². The van der Waals surface area contributed by atoms with Crippen LogP contribution in [0, 0.1) is 11.2 Å². The zero-order valence-electron chi connectivity index (χ0n) is 20.5. The van der Waals surface area contributed by atoms with Crippen molar-refractivity contribution in [1.82, 2.24) is 24.9 Å². The summed E-state index contributed by atoms with van der Waals surface area (Å²) in [5, 5.41) is 4.56. The van der Waals surface area contributed by atoms with Gasteiger partial charge in [0, 0.05) is 50.1 Å². The van der Waals surface area contributed by atoms with Crippen LogP contribution in [0.5, 0.6) is 11.8 Å². The molecule has 4 aromatic rings. The van der Waals surface area contributed by atoms with Crippen LogP contribution in [0.3, 0.4) is 0 Å². The topological polar surface area (TPSA) is 130 Å². The van der Waals surface area contributed by atoms with Crippen LogP contribution in [-0.2, 0) is 4.74 Å². The third-order valence-corrected chi connectivity index (χ3v) is 7.81. The lowest BCUT2D eigenvalue weighted by atomic mass is 10.1. The molecule has 3 aliphatic rings. The molecule has 1 spiro atoms. The van der Waals surface area contributed by atoms with Crippen LogP contribution in [0.4, 0.5) is 21.8 Å². The number of hydrogen-bond acceptors (Lipinski definition) is 10. The number of benzene rings is 1. The molecule has 1 saturated carbocycles. The highest BCUT2D eigenvalue weighted by Crippen LogP contribution is 2.53. The Bertz CT molecular complexity index is 1490. The number of nitrogens with two attached hydrogens (primary N) is 1. The first-order chi connectivity index (χ1) is 18.0. The summed E-state index contributed by atoms with van der Waals surface area (Å²) in [5.74, 6) is 1.44. The van der Waals surface area contributed by atoms with E-state index in [0.717, 1.165) is 55.3 Å². The van der Waals surface area contributed by atoms with Crippen molar-refractivity contribution in [3.05, 3.63) is 30.3 Å². The Hall–Kier alpha value is -3.77. The van der Waals surface area contributed by atoms with Gasteiger partial charge < -0.3 is 35.3 Å². The van der Waals surface area contributed by atoms with E-state index in [-0.39, 0.29) is 23.3 Å². The molecule has 11 nitrogen and oxygen atoms in total. The molecule has 0 amide bonds. The minimum Gasteiger partial charge on any atom is -0.421 e. The third-order valence-electron chi connectivity index (χ3n) is 7.81. The third kappa shape index (κ3) is 3.78. The molecule has 4 N–H and O–H groups in total. The van der Waals surface area contributed by atoms with E-state index >= 15 is 0 Å². The number of rotatable bonds is 5. The lowest BCUT2D eigenvalue weighted by Gasteiger charge is -2.26. The summed E-state index contributed by atoms with van der Waals surface area (Å²) in [5.41, 5.74) is 8.39. The van der Waals surface area contributed by atoms with E-state index in [1.165, 1.54) is 12.1 Å². The fourth-order valence-corrected chi connectivity index (χ4v) is 5.62. The second-order valence-corrected chi connectivity index (χ2v) is 10.1. The first-order valence-electron chi connectivity index (χ1n) is 12.6. The summed E-state index contributed by atoms with van der Waals surface area (Å²) in [4.78, 5) is 26.0. The number of ether oxygens (including phenoxy) is 2. The second kappa shape index (κ2) is 8.38. The Labute approximate surface area is 212 Å². The molecule has 2 aliphatic heterocycles. The average Bonchev–Trinajstić information content (AvgIpc) is 3.21. The van der Waals surface area contributed by atoms with Gasteiger partial charge in [0.25, 0.3) is 0 Å². The highest BCUT2D eigenvalue weighted by molar-refractivity contribution is 6.14. The summed E-state index contributed by atoms with van der Waals surface area (Å²) in [6, 6.07) is 3.37. The molecule has 12 heteroatoms. The molecular weight excluding hydrogens is 477 g/mol. The summed E-state index contributed by atoms with van der Waals surface area (Å²) >= 11 is 0. The van der Waals surface area contributed by atoms with Gasteiger partial charge >= 0.3 is 6.01 Å². The predicted octanol–water partition coefficient (Wildman–Crippen LogP) is 2.64. The number of nitrogens with zero attached hydrogens (tertiary/aromatic N) is 6. The van der Waals surface area contributed by atoms with Gasteiger partial charge in [0.05, 0.1) is 42.2 Å². The molecule has 1 aliphatic carbocycles. The normalized spacial score (nSPS) is 23.4. The van der Waals surface area contributed by atoms with E-state index in [2.05, 4.69) is 35.1 Å². The Morgan fingerprint density at radius 3 is 2.65 bits per heavy atom. The predicted molar refractivity (Wildman–Crippen MR) is 138 cm³/mol. The van der Waals surface area contributed by atoms with Gasteiger partial charge in [-0.05, 0) is 25.0 Å². The molecule has 0 radical (unpaired) electrons. The van der Waals surface area contributed by atoms with E-state index in [0.29, 0.717) is 42.1 Å². The van der Waals surface area contributed by atoms with Crippen molar-refractivity contribution in [2.24, 2.45) is 11.1 Å². The smallest absolute Gasteiger partial charge is 0.326 e. The number of aromatic nitrogens is 5. The fourth-order valence-electron chi connectivity index (χ4n) is 5.62. The van der Waals surface area contributed by atoms with Gasteiger partial charge in [-0.2, -0.15) is 9.97 Å². The van der Waals surface area contributed by atoms with Crippen LogP contribution < -0.4 is 25.6 Å². The standard InChI is InChI=1S/C25H28FN9O2/c1-28-17-9-14(26)8-16-19-21(31-20(16)17)32-24(33-22(19)35-3-2-25(13-35)10-18(25)27)37-15-11-29-23(30-12-15)34-4-6-36-7-5-34/h8-9,11-12,18,28H,2-7,10,13,27H2,1H3,(H,31,32,33). The number of hydrogen-bond donors (Lipinski definition) is 3. The highest BCUT2D eigenvalue weighted by Gasteiger charge is 2.56. The van der Waals surface area contributed by atoms with Crippen LogP contribution in [-0.4, -0.2) is 77.4 Å². The van der Waals surface area contributed by atoms with Gasteiger partial charge in [0.15, 0.2) is 5.75 Å². The van der Waals surface area contributed by atoms with E-state index in [1.54, 1.807) is 19.4 Å². The average molecular weight is 506 g/mol. The molecule has 3 aromatic heterocycles. The van der Waals surface area contributed by atoms with Crippen molar-refractivity contribution < 1.29 is 13.9 Å². The Kier molecular flexibility index (Phi) is 5.08. The van der Waals surface area contributed by atoms with Gasteiger partial charge in [-0.3, -0.25) is 0 Å². The largest absolute Gasteiger partial charge is 0.421 e. The first kappa shape index (κ1) is 22.4. The number of halogens is 1. The number of H-pyrrole nitrogens is 1. The van der Waals surface area contributed by atoms with Gasteiger partial charge in [0.1, 0.15) is 17.3 Å². The van der Waals surface area contributed by atoms with Crippen molar-refractivity contribution in [3.63, 3.8) is 0 Å². The molecule has 37 heavy (non-hydrogen) atoms. The Balaban J connectivity index is 1.28. The lowest BCUT2D eigenvalue weighted by Crippen LogP contribution is -2.37. The van der Waals surface area contributed by atoms with Crippen LogP contribution in [0.2, 0.25) is 0 Å². The van der Waals surface area contributed by atoms with Crippen molar-refractivity contribution >= 4 is 39.4 Å². The molecule has 3 fully saturated rings. The van der Waals surface area contributed by atoms with Gasteiger partial charge in [-0.1, -0.05) is 0 Å². The maximum absolute atomic E-state index is 14.5. The van der Waals surface area contributed by atoms with Gasteiger partial charge in [-0.15, -0.1) is 0 Å². The number of aromatic amines is 1. The molecule has 5 heterocycles. The first-order valence-corrected chi connectivity index (χ1v) is 12.6. The molecule has 192 valence electrons. The molecule has 7 rings (SSSR count). The minimum absolute atomic E-state index is 0.134. The number of anilines is 3. The molecule has 2 atom stereocenters. The Morgan fingerprint density at radius 1 is 1.16 bits per heavy atom. The zero-order chi connectivity index (χ0) is 25.1. The Morgan fingerprint density at radius 2 is 1.95 bits per heavy atom. The van der Waals surface area contributed by atoms with Crippen LogP contribution in [0.15, 0.2) is 24.5 Å². The maximum atomic E-state index is 14.5.